The fourth-order valence-electron chi connectivity index (χ4n) is 10.1. The van der Waals surface area contributed by atoms with Gasteiger partial charge >= 0.3 is 11.9 Å². The maximum absolute atomic E-state index is 13.6. The van der Waals surface area contributed by atoms with Crippen molar-refractivity contribution in [2.45, 2.75) is 83.1 Å². The Hall–Kier alpha value is -1.36. The molecule has 36 heavy (non-hydrogen) atoms. The van der Waals surface area contributed by atoms with Gasteiger partial charge in [-0.15, -0.1) is 0 Å². The lowest BCUT2D eigenvalue weighted by Gasteiger charge is -2.58. The highest BCUT2D eigenvalue weighted by molar-refractivity contribution is 5.90. The van der Waals surface area contributed by atoms with Gasteiger partial charge in [-0.2, -0.15) is 0 Å². The van der Waals surface area contributed by atoms with Crippen LogP contribution in [-0.2, 0) is 33.3 Å². The number of carboxylic acid groups (broad SMARTS) is 1. The van der Waals surface area contributed by atoms with E-state index in [1.54, 1.807) is 0 Å². The highest BCUT2D eigenvalue weighted by Gasteiger charge is 2.85. The monoisotopic (exact) mass is 504 g/mol. The third kappa shape index (κ3) is 2.28. The van der Waals surface area contributed by atoms with E-state index >= 15 is 0 Å². The third-order valence-corrected chi connectivity index (χ3v) is 11.4. The number of carbonyl (C=O) groups is 2. The number of aliphatic hydroxyl groups excluding tert-OH is 1. The average Bonchev–Trinajstić information content (AvgIpc) is 3.57. The van der Waals surface area contributed by atoms with Gasteiger partial charge < -0.3 is 34.0 Å². The number of rotatable bonds is 7. The van der Waals surface area contributed by atoms with Gasteiger partial charge in [0.15, 0.2) is 12.4 Å². The highest BCUT2D eigenvalue weighted by atomic mass is 17.0. The summed E-state index contributed by atoms with van der Waals surface area (Å²) in [7, 11) is 1.54. The van der Waals surface area contributed by atoms with Crippen LogP contribution in [0.1, 0.15) is 46.5 Å². The lowest BCUT2D eigenvalue weighted by Crippen LogP contribution is -2.66. The Kier molecular flexibility index (Phi) is 4.74. The van der Waals surface area contributed by atoms with Crippen LogP contribution in [0.25, 0.3) is 0 Å². The number of aliphatic carboxylic acids is 1. The number of ether oxygens (including phenoxy) is 5. The fourth-order valence-corrected chi connectivity index (χ4v) is 10.1. The first-order chi connectivity index (χ1) is 17.1. The van der Waals surface area contributed by atoms with Crippen LogP contribution in [0.5, 0.6) is 0 Å². The van der Waals surface area contributed by atoms with Gasteiger partial charge in [0.25, 0.3) is 0 Å². The average molecular weight is 505 g/mol. The van der Waals surface area contributed by atoms with Crippen LogP contribution >= 0.6 is 0 Å². The summed E-state index contributed by atoms with van der Waals surface area (Å²) in [5, 5.41) is 22.2. The van der Waals surface area contributed by atoms with E-state index in [0.29, 0.717) is 18.8 Å². The number of hydrogen-bond acceptors (Lipinski definition) is 8. The smallest absolute Gasteiger partial charge is 0.316 e. The normalized spacial score (nSPS) is 57.5. The van der Waals surface area contributed by atoms with Crippen LogP contribution in [0.4, 0.5) is 0 Å². The second-order valence-electron chi connectivity index (χ2n) is 12.7. The Morgan fingerprint density at radius 1 is 1.25 bits per heavy atom. The summed E-state index contributed by atoms with van der Waals surface area (Å²) in [6.07, 6.45) is 2.59. The summed E-state index contributed by atoms with van der Waals surface area (Å²) >= 11 is 0. The first-order valence-corrected chi connectivity index (χ1v) is 13.4. The zero-order valence-corrected chi connectivity index (χ0v) is 21.2. The molecule has 8 bridgehead atoms. The summed E-state index contributed by atoms with van der Waals surface area (Å²) in [5.41, 5.74) is -2.31. The molecule has 0 aromatic carbocycles. The highest BCUT2D eigenvalue weighted by Crippen LogP contribution is 2.82. The standard InChI is InChI=1S/C27H36O9/c1-12(2)17-7-14-8-24(10-28)16-6-5-13(3)15(16)9-25(14,26(17,24)23(30)31)11-33-27-21(29)19-18(32-4)20(35-27)22(34-19)36-27/h7,10,12-16,18-22,29H,5-6,8-9,11H2,1-4H3,(H,30,31)/t13-,14?,15?,16?,18?,19?,20?,21?,22?,24?,25?,26?,27?/m1/s1. The van der Waals surface area contributed by atoms with E-state index in [2.05, 4.69) is 13.0 Å². The zero-order chi connectivity index (χ0) is 25.4. The van der Waals surface area contributed by atoms with Gasteiger partial charge in [0.1, 0.15) is 30.0 Å². The number of fused-ring (bicyclic) bond motifs is 2. The van der Waals surface area contributed by atoms with Crippen molar-refractivity contribution in [3.63, 3.8) is 0 Å². The lowest BCUT2D eigenvalue weighted by molar-refractivity contribution is -0.448. The van der Waals surface area contributed by atoms with Crippen molar-refractivity contribution in [1.82, 2.24) is 0 Å². The van der Waals surface area contributed by atoms with Crippen LogP contribution < -0.4 is 0 Å². The summed E-state index contributed by atoms with van der Waals surface area (Å²) in [4.78, 5) is 26.7. The van der Waals surface area contributed by atoms with Crippen LogP contribution in [0.2, 0.25) is 0 Å². The van der Waals surface area contributed by atoms with E-state index in [-0.39, 0.29) is 30.3 Å². The maximum atomic E-state index is 13.6. The molecule has 0 spiro atoms. The molecule has 7 fully saturated rings. The van der Waals surface area contributed by atoms with E-state index in [0.717, 1.165) is 24.7 Å². The predicted octanol–water partition coefficient (Wildman–Crippen LogP) is 2.11. The van der Waals surface area contributed by atoms with Gasteiger partial charge in [-0.25, -0.2) is 0 Å². The molecule has 2 N–H and O–H groups in total. The van der Waals surface area contributed by atoms with E-state index in [4.69, 9.17) is 23.7 Å². The minimum atomic E-state index is -1.73. The van der Waals surface area contributed by atoms with E-state index in [1.807, 2.05) is 13.8 Å². The molecule has 13 atom stereocenters. The van der Waals surface area contributed by atoms with Crippen LogP contribution in [0, 0.1) is 45.8 Å². The van der Waals surface area contributed by atoms with Crippen molar-refractivity contribution in [3.8, 4) is 0 Å². The van der Waals surface area contributed by atoms with Crippen molar-refractivity contribution >= 4 is 12.3 Å². The molecule has 0 radical (unpaired) electrons. The number of carbonyl (C=O) groups excluding carboxylic acids is 1. The number of carboxylic acids is 1. The second-order valence-corrected chi connectivity index (χ2v) is 12.7. The Bertz CT molecular complexity index is 1040. The van der Waals surface area contributed by atoms with Gasteiger partial charge in [0.05, 0.1) is 12.0 Å². The van der Waals surface area contributed by atoms with Crippen molar-refractivity contribution < 1.29 is 43.5 Å². The summed E-state index contributed by atoms with van der Waals surface area (Å²) in [6.45, 7) is 6.27. The Morgan fingerprint density at radius 2 is 2.03 bits per heavy atom. The minimum absolute atomic E-state index is 0.0169. The predicted molar refractivity (Wildman–Crippen MR) is 122 cm³/mol. The minimum Gasteiger partial charge on any atom is -0.481 e. The molecule has 0 aromatic rings. The largest absolute Gasteiger partial charge is 0.481 e. The summed E-state index contributed by atoms with van der Waals surface area (Å²) < 4.78 is 29.7. The fraction of sp³-hybridized carbons (Fsp3) is 0.852. The van der Waals surface area contributed by atoms with Crippen molar-refractivity contribution in [1.29, 1.82) is 0 Å². The van der Waals surface area contributed by atoms with Crippen molar-refractivity contribution in [2.24, 2.45) is 45.8 Å². The molecule has 0 amide bonds. The lowest BCUT2D eigenvalue weighted by atomic mass is 9.43. The molecular weight excluding hydrogens is 468 g/mol. The molecule has 9 heteroatoms. The molecule has 198 valence electrons. The van der Waals surface area contributed by atoms with E-state index in [9.17, 15) is 19.8 Å². The Labute approximate surface area is 210 Å². The molecule has 4 saturated heterocycles. The van der Waals surface area contributed by atoms with Gasteiger partial charge in [-0.05, 0) is 48.9 Å². The van der Waals surface area contributed by atoms with Gasteiger partial charge in [-0.3, -0.25) is 9.53 Å². The molecular formula is C27H36O9. The zero-order valence-electron chi connectivity index (χ0n) is 21.2. The molecule has 3 saturated carbocycles. The molecule has 9 nitrogen and oxygen atoms in total. The Morgan fingerprint density at radius 3 is 2.69 bits per heavy atom. The first kappa shape index (κ1) is 23.7. The summed E-state index contributed by atoms with van der Waals surface area (Å²) in [6, 6.07) is 0. The molecule has 8 aliphatic rings. The Balaban J connectivity index is 1.32. The quantitative estimate of drug-likeness (QED) is 0.397. The second kappa shape index (κ2) is 7.18. The van der Waals surface area contributed by atoms with Crippen molar-refractivity contribution in [2.75, 3.05) is 13.7 Å². The number of methoxy groups -OCH3 is 1. The number of aliphatic hydroxyl groups is 1. The number of aldehydes is 1. The molecule has 8 rings (SSSR count). The van der Waals surface area contributed by atoms with Crippen LogP contribution in [0.15, 0.2) is 11.6 Å². The first-order valence-electron chi connectivity index (χ1n) is 13.4. The van der Waals surface area contributed by atoms with Gasteiger partial charge in [0.2, 0.25) is 0 Å². The summed E-state index contributed by atoms with van der Waals surface area (Å²) in [5.74, 6) is -2.10. The van der Waals surface area contributed by atoms with E-state index < -0.39 is 58.9 Å². The molecule has 4 aliphatic heterocycles. The molecule has 4 heterocycles. The SMILES string of the molecule is COC1C2OC3(OCC45CC6C(CC[C@H]6C)C6(C=O)CC4C=C(C(C)C)C65C(=O)O)OC2OC1C3O. The van der Waals surface area contributed by atoms with E-state index in [1.165, 1.54) is 7.11 Å². The topological polar surface area (TPSA) is 121 Å². The van der Waals surface area contributed by atoms with Crippen molar-refractivity contribution in [3.05, 3.63) is 11.6 Å². The number of allylic oxidation sites excluding steroid dienone is 1. The number of hydrogen-bond donors (Lipinski definition) is 2. The van der Waals surface area contributed by atoms with Crippen LogP contribution in [0.3, 0.4) is 0 Å². The molecule has 12 unspecified atom stereocenters. The molecule has 0 aromatic heterocycles. The third-order valence-electron chi connectivity index (χ3n) is 11.4. The van der Waals surface area contributed by atoms with Crippen LogP contribution in [-0.4, -0.2) is 72.9 Å². The van der Waals surface area contributed by atoms with Gasteiger partial charge in [0, 0.05) is 12.5 Å². The maximum Gasteiger partial charge on any atom is 0.316 e. The molecule has 4 aliphatic carbocycles. The van der Waals surface area contributed by atoms with Gasteiger partial charge in [-0.1, -0.05) is 38.8 Å².